The average Bonchev–Trinajstić information content (AvgIpc) is 2.78. The molecule has 3 aromatic rings. The molecule has 0 spiro atoms. The number of H-pyrrole nitrogens is 1. The number of nitrogens with zero attached hydrogens (tertiary/aromatic N) is 2. The molecule has 8 nitrogen and oxygen atoms in total. The van der Waals surface area contributed by atoms with E-state index >= 15 is 0 Å². The molecule has 0 atom stereocenters. The van der Waals surface area contributed by atoms with E-state index in [0.29, 0.717) is 29.4 Å². The van der Waals surface area contributed by atoms with Crippen LogP contribution in [-0.2, 0) is 0 Å². The molecule has 0 saturated carbocycles. The summed E-state index contributed by atoms with van der Waals surface area (Å²) in [6.07, 6.45) is 2.36. The van der Waals surface area contributed by atoms with Crippen LogP contribution in [0.2, 0.25) is 0 Å². The van der Waals surface area contributed by atoms with Gasteiger partial charge < -0.3 is 14.5 Å². The number of aromatic nitrogens is 2. The van der Waals surface area contributed by atoms with E-state index in [0.717, 1.165) is 12.0 Å². The first-order valence-electron chi connectivity index (χ1n) is 9.41. The fourth-order valence-electron chi connectivity index (χ4n) is 2.66. The Balaban J connectivity index is 1.72. The lowest BCUT2D eigenvalue weighted by Crippen LogP contribution is -2.24. The van der Waals surface area contributed by atoms with Crippen molar-refractivity contribution in [2.45, 2.75) is 13.3 Å². The van der Waals surface area contributed by atoms with Crippen molar-refractivity contribution >= 4 is 12.1 Å². The molecular weight excluding hydrogens is 384 g/mol. The number of methoxy groups -OCH3 is 1. The number of rotatable bonds is 8. The molecule has 154 valence electrons. The molecule has 0 aliphatic heterocycles. The SMILES string of the molecule is CCCOc1ccc(/C=N/NC(=O)c2cc(-c3ccccc3)nc(=O)[nH]2)cc1OC. The lowest BCUT2D eigenvalue weighted by Gasteiger charge is -2.10. The van der Waals surface area contributed by atoms with Gasteiger partial charge in [-0.15, -0.1) is 0 Å². The van der Waals surface area contributed by atoms with Crippen LogP contribution in [0.15, 0.2) is 64.5 Å². The van der Waals surface area contributed by atoms with Crippen LogP contribution in [0.25, 0.3) is 11.3 Å². The molecule has 30 heavy (non-hydrogen) atoms. The number of benzene rings is 2. The smallest absolute Gasteiger partial charge is 0.346 e. The maximum Gasteiger partial charge on any atom is 0.346 e. The maximum absolute atomic E-state index is 12.4. The fraction of sp³-hybridized carbons (Fsp3) is 0.182. The highest BCUT2D eigenvalue weighted by molar-refractivity contribution is 5.94. The van der Waals surface area contributed by atoms with Gasteiger partial charge in [-0.05, 0) is 36.2 Å². The highest BCUT2D eigenvalue weighted by Gasteiger charge is 2.10. The molecular formula is C22H22N4O4. The van der Waals surface area contributed by atoms with Gasteiger partial charge in [-0.25, -0.2) is 10.2 Å². The molecule has 0 aliphatic rings. The van der Waals surface area contributed by atoms with Crippen molar-refractivity contribution in [1.29, 1.82) is 0 Å². The average molecular weight is 406 g/mol. The molecule has 1 heterocycles. The molecule has 0 bridgehead atoms. The summed E-state index contributed by atoms with van der Waals surface area (Å²) < 4.78 is 10.9. The van der Waals surface area contributed by atoms with Crippen molar-refractivity contribution in [1.82, 2.24) is 15.4 Å². The Morgan fingerprint density at radius 3 is 2.70 bits per heavy atom. The van der Waals surface area contributed by atoms with Crippen molar-refractivity contribution in [2.75, 3.05) is 13.7 Å². The van der Waals surface area contributed by atoms with Crippen molar-refractivity contribution in [3.05, 3.63) is 76.3 Å². The number of amides is 1. The second-order valence-electron chi connectivity index (χ2n) is 6.31. The third kappa shape index (κ3) is 5.32. The summed E-state index contributed by atoms with van der Waals surface area (Å²) in [6, 6.07) is 16.0. The largest absolute Gasteiger partial charge is 0.493 e. The Bertz CT molecular complexity index is 1090. The zero-order valence-electron chi connectivity index (χ0n) is 16.7. The van der Waals surface area contributed by atoms with Crippen molar-refractivity contribution < 1.29 is 14.3 Å². The van der Waals surface area contributed by atoms with E-state index in [1.54, 1.807) is 25.3 Å². The van der Waals surface area contributed by atoms with Crippen molar-refractivity contribution in [3.8, 4) is 22.8 Å². The lowest BCUT2D eigenvalue weighted by molar-refractivity contribution is 0.0949. The van der Waals surface area contributed by atoms with Crippen molar-refractivity contribution in [3.63, 3.8) is 0 Å². The minimum Gasteiger partial charge on any atom is -0.493 e. The lowest BCUT2D eigenvalue weighted by atomic mass is 10.1. The molecule has 0 saturated heterocycles. The zero-order chi connectivity index (χ0) is 21.3. The van der Waals surface area contributed by atoms with E-state index in [4.69, 9.17) is 9.47 Å². The number of hydrazone groups is 1. The second-order valence-corrected chi connectivity index (χ2v) is 6.31. The number of nitrogens with one attached hydrogen (secondary N) is 2. The maximum atomic E-state index is 12.4. The zero-order valence-corrected chi connectivity index (χ0v) is 16.7. The van der Waals surface area contributed by atoms with E-state index in [2.05, 4.69) is 20.5 Å². The normalized spacial score (nSPS) is 10.7. The van der Waals surface area contributed by atoms with Gasteiger partial charge in [0.2, 0.25) is 0 Å². The highest BCUT2D eigenvalue weighted by Crippen LogP contribution is 2.27. The molecule has 2 aromatic carbocycles. The molecule has 0 aliphatic carbocycles. The number of hydrogen-bond acceptors (Lipinski definition) is 6. The van der Waals surface area contributed by atoms with E-state index in [-0.39, 0.29) is 5.69 Å². The number of carbonyl (C=O) groups is 1. The first-order chi connectivity index (χ1) is 14.6. The first kappa shape index (κ1) is 20.8. The summed E-state index contributed by atoms with van der Waals surface area (Å²) in [4.78, 5) is 30.6. The third-order valence-corrected chi connectivity index (χ3v) is 4.09. The van der Waals surface area contributed by atoms with Gasteiger partial charge in [-0.1, -0.05) is 37.3 Å². The van der Waals surface area contributed by atoms with Gasteiger partial charge in [0.1, 0.15) is 5.69 Å². The Morgan fingerprint density at radius 2 is 1.97 bits per heavy atom. The Labute approximate surface area is 173 Å². The van der Waals surface area contributed by atoms with Gasteiger partial charge in [0.05, 0.1) is 25.6 Å². The summed E-state index contributed by atoms with van der Waals surface area (Å²) in [5, 5.41) is 3.95. The third-order valence-electron chi connectivity index (χ3n) is 4.09. The summed E-state index contributed by atoms with van der Waals surface area (Å²) >= 11 is 0. The number of aromatic amines is 1. The van der Waals surface area contributed by atoms with Gasteiger partial charge >= 0.3 is 5.69 Å². The monoisotopic (exact) mass is 406 g/mol. The molecule has 3 rings (SSSR count). The van der Waals surface area contributed by atoms with Gasteiger partial charge in [0.25, 0.3) is 5.91 Å². The molecule has 0 radical (unpaired) electrons. The molecule has 2 N–H and O–H groups in total. The predicted molar refractivity (Wildman–Crippen MR) is 114 cm³/mol. The van der Waals surface area contributed by atoms with Crippen LogP contribution in [0.3, 0.4) is 0 Å². The quantitative estimate of drug-likeness (QED) is 0.442. The van der Waals surface area contributed by atoms with E-state index < -0.39 is 11.6 Å². The summed E-state index contributed by atoms with van der Waals surface area (Å²) in [7, 11) is 1.56. The molecule has 0 unspecified atom stereocenters. The van der Waals surface area contributed by atoms with E-state index in [9.17, 15) is 9.59 Å². The minimum atomic E-state index is -0.613. The molecule has 0 fully saturated rings. The van der Waals surface area contributed by atoms with Gasteiger partial charge in [-0.3, -0.25) is 4.79 Å². The van der Waals surface area contributed by atoms with Crippen LogP contribution in [0.5, 0.6) is 11.5 Å². The van der Waals surface area contributed by atoms with Crippen LogP contribution in [0.4, 0.5) is 0 Å². The standard InChI is InChI=1S/C22H22N4O4/c1-3-11-30-19-10-9-15(12-20(19)29-2)14-23-26-21(27)18-13-17(24-22(28)25-18)16-7-5-4-6-8-16/h4-10,12-14H,3,11H2,1-2H3,(H,26,27)(H,24,25,28)/b23-14+. The Hall–Kier alpha value is -3.94. The second kappa shape index (κ2) is 10.0. The Morgan fingerprint density at radius 1 is 1.17 bits per heavy atom. The summed E-state index contributed by atoms with van der Waals surface area (Å²) in [5.41, 5.74) is 3.70. The van der Waals surface area contributed by atoms with Gasteiger partial charge in [-0.2, -0.15) is 10.1 Å². The van der Waals surface area contributed by atoms with Gasteiger partial charge in [0, 0.05) is 5.56 Å². The van der Waals surface area contributed by atoms with Crippen LogP contribution in [-0.4, -0.2) is 35.8 Å². The predicted octanol–water partition coefficient (Wildman–Crippen LogP) is 3.00. The summed E-state index contributed by atoms with van der Waals surface area (Å²) in [5.74, 6) is 0.658. The topological polar surface area (TPSA) is 106 Å². The van der Waals surface area contributed by atoms with Crippen LogP contribution < -0.4 is 20.6 Å². The fourth-order valence-corrected chi connectivity index (χ4v) is 2.66. The number of carbonyl (C=O) groups excluding carboxylic acids is 1. The molecule has 1 aromatic heterocycles. The van der Waals surface area contributed by atoms with Crippen molar-refractivity contribution in [2.24, 2.45) is 5.10 Å². The number of hydrogen-bond donors (Lipinski definition) is 2. The molecule has 8 heteroatoms. The van der Waals surface area contributed by atoms with Crippen LogP contribution in [0, 0.1) is 0 Å². The van der Waals surface area contributed by atoms with E-state index in [1.807, 2.05) is 37.3 Å². The highest BCUT2D eigenvalue weighted by atomic mass is 16.5. The number of ether oxygens (including phenoxy) is 2. The molecule has 1 amide bonds. The van der Waals surface area contributed by atoms with Crippen LogP contribution >= 0.6 is 0 Å². The summed E-state index contributed by atoms with van der Waals surface area (Å²) in [6.45, 7) is 2.62. The van der Waals surface area contributed by atoms with Gasteiger partial charge in [0.15, 0.2) is 11.5 Å². The first-order valence-corrected chi connectivity index (χ1v) is 9.41. The van der Waals surface area contributed by atoms with E-state index in [1.165, 1.54) is 12.3 Å². The Kier molecular flexibility index (Phi) is 6.94. The minimum absolute atomic E-state index is 0.0619. The van der Waals surface area contributed by atoms with Crippen LogP contribution in [0.1, 0.15) is 29.4 Å².